The van der Waals surface area contributed by atoms with Crippen LogP contribution >= 0.6 is 11.8 Å². The summed E-state index contributed by atoms with van der Waals surface area (Å²) in [6.45, 7) is 1.74. The van der Waals surface area contributed by atoms with Gasteiger partial charge >= 0.3 is 0 Å². The Morgan fingerprint density at radius 1 is 1.50 bits per heavy atom. The van der Waals surface area contributed by atoms with E-state index in [4.69, 9.17) is 5.26 Å². The van der Waals surface area contributed by atoms with E-state index < -0.39 is 10.0 Å². The van der Waals surface area contributed by atoms with Crippen molar-refractivity contribution in [2.45, 2.75) is 24.3 Å². The van der Waals surface area contributed by atoms with Crippen LogP contribution in [0.5, 0.6) is 0 Å². The first-order chi connectivity index (χ1) is 8.53. The van der Waals surface area contributed by atoms with Crippen molar-refractivity contribution in [1.29, 1.82) is 5.26 Å². The number of sulfonamides is 1. The Morgan fingerprint density at radius 2 is 2.28 bits per heavy atom. The molecule has 1 aliphatic heterocycles. The number of nitrogens with zero attached hydrogens (tertiary/aromatic N) is 1. The molecule has 1 unspecified atom stereocenters. The fourth-order valence-electron chi connectivity index (χ4n) is 1.84. The topological polar surface area (TPSA) is 70.0 Å². The van der Waals surface area contributed by atoms with Gasteiger partial charge in [-0.25, -0.2) is 13.1 Å². The van der Waals surface area contributed by atoms with Gasteiger partial charge in [-0.05, 0) is 42.9 Å². The van der Waals surface area contributed by atoms with Crippen molar-refractivity contribution in [3.05, 3.63) is 29.3 Å². The van der Waals surface area contributed by atoms with Crippen molar-refractivity contribution < 1.29 is 8.42 Å². The third-order valence-corrected chi connectivity index (χ3v) is 5.56. The molecule has 96 valence electrons. The summed E-state index contributed by atoms with van der Waals surface area (Å²) >= 11 is 1.76. The van der Waals surface area contributed by atoms with Gasteiger partial charge in [0.05, 0.1) is 16.5 Å². The molecule has 1 heterocycles. The molecule has 6 heteroatoms. The molecule has 1 atom stereocenters. The Morgan fingerprint density at radius 3 is 2.83 bits per heavy atom. The molecule has 18 heavy (non-hydrogen) atoms. The molecule has 1 saturated heterocycles. The van der Waals surface area contributed by atoms with Gasteiger partial charge in [0, 0.05) is 11.8 Å². The van der Waals surface area contributed by atoms with Crippen LogP contribution in [0, 0.1) is 18.3 Å². The second-order valence-electron chi connectivity index (χ2n) is 4.27. The Hall–Kier alpha value is -1.03. The van der Waals surface area contributed by atoms with E-state index in [0.717, 1.165) is 17.9 Å². The fourth-order valence-corrected chi connectivity index (χ4v) is 4.46. The van der Waals surface area contributed by atoms with E-state index >= 15 is 0 Å². The lowest BCUT2D eigenvalue weighted by Gasteiger charge is -2.12. The molecular weight excluding hydrogens is 268 g/mol. The first-order valence-corrected chi connectivity index (χ1v) is 8.27. The monoisotopic (exact) mass is 282 g/mol. The molecule has 0 aromatic heterocycles. The van der Waals surface area contributed by atoms with E-state index in [1.807, 2.05) is 6.07 Å². The summed E-state index contributed by atoms with van der Waals surface area (Å²) in [6, 6.07) is 6.63. The highest BCUT2D eigenvalue weighted by Crippen LogP contribution is 2.20. The number of thioether (sulfide) groups is 1. The Balaban J connectivity index is 2.24. The summed E-state index contributed by atoms with van der Waals surface area (Å²) in [5.41, 5.74) is 1.19. The van der Waals surface area contributed by atoms with Gasteiger partial charge in [-0.1, -0.05) is 0 Å². The summed E-state index contributed by atoms with van der Waals surface area (Å²) < 4.78 is 27.0. The van der Waals surface area contributed by atoms with Crippen molar-refractivity contribution in [1.82, 2.24) is 4.72 Å². The smallest absolute Gasteiger partial charge is 0.207 e. The molecule has 0 radical (unpaired) electrons. The van der Waals surface area contributed by atoms with Gasteiger partial charge in [-0.2, -0.15) is 17.0 Å². The second-order valence-corrected chi connectivity index (χ2v) is 7.13. The van der Waals surface area contributed by atoms with Gasteiger partial charge in [0.15, 0.2) is 0 Å². The van der Waals surface area contributed by atoms with Gasteiger partial charge in [-0.3, -0.25) is 0 Å². The Bertz CT molecular complexity index is 585. The fraction of sp³-hybridized carbons (Fsp3) is 0.417. The highest BCUT2D eigenvalue weighted by atomic mass is 32.2. The lowest BCUT2D eigenvalue weighted by atomic mass is 10.1. The van der Waals surface area contributed by atoms with E-state index in [9.17, 15) is 8.42 Å². The van der Waals surface area contributed by atoms with Gasteiger partial charge in [0.2, 0.25) is 10.0 Å². The molecule has 4 nitrogen and oxygen atoms in total. The largest absolute Gasteiger partial charge is 0.240 e. The summed E-state index contributed by atoms with van der Waals surface area (Å²) in [7, 11) is -3.46. The minimum Gasteiger partial charge on any atom is -0.207 e. The van der Waals surface area contributed by atoms with Crippen molar-refractivity contribution >= 4 is 21.8 Å². The molecule has 0 amide bonds. The molecule has 1 aromatic rings. The average Bonchev–Trinajstić information content (AvgIpc) is 2.81. The standard InChI is InChI=1S/C12H14N2O2S2/c1-9-6-12(3-2-10(9)7-13)18(15,16)14-11-4-5-17-8-11/h2-3,6,11,14H,4-5,8H2,1H3. The van der Waals surface area contributed by atoms with Crippen LogP contribution in [0.3, 0.4) is 0 Å². The highest BCUT2D eigenvalue weighted by Gasteiger charge is 2.23. The summed E-state index contributed by atoms with van der Waals surface area (Å²) in [5, 5.41) is 8.82. The third kappa shape index (κ3) is 2.86. The lowest BCUT2D eigenvalue weighted by molar-refractivity contribution is 0.563. The average molecular weight is 282 g/mol. The number of nitriles is 1. The summed E-state index contributed by atoms with van der Waals surface area (Å²) in [6.07, 6.45) is 0.874. The quantitative estimate of drug-likeness (QED) is 0.915. The van der Waals surface area contributed by atoms with E-state index in [2.05, 4.69) is 4.72 Å². The first kappa shape index (κ1) is 13.4. The van der Waals surface area contributed by atoms with Crippen LogP contribution in [0.1, 0.15) is 17.5 Å². The summed E-state index contributed by atoms with van der Waals surface area (Å²) in [4.78, 5) is 0.232. The maximum atomic E-state index is 12.1. The zero-order chi connectivity index (χ0) is 13.2. The minimum atomic E-state index is -3.46. The summed E-state index contributed by atoms with van der Waals surface area (Å²) in [5.74, 6) is 1.83. The molecular formula is C12H14N2O2S2. The number of nitrogens with one attached hydrogen (secondary N) is 1. The van der Waals surface area contributed by atoms with Crippen LogP contribution in [0.4, 0.5) is 0 Å². The molecule has 1 aliphatic rings. The molecule has 2 rings (SSSR count). The van der Waals surface area contributed by atoms with Crippen molar-refractivity contribution in [2.75, 3.05) is 11.5 Å². The molecule has 1 N–H and O–H groups in total. The number of benzene rings is 1. The van der Waals surface area contributed by atoms with Crippen LogP contribution in [0.2, 0.25) is 0 Å². The first-order valence-electron chi connectivity index (χ1n) is 5.64. The van der Waals surface area contributed by atoms with E-state index in [0.29, 0.717) is 11.1 Å². The van der Waals surface area contributed by atoms with Gasteiger partial charge < -0.3 is 0 Å². The minimum absolute atomic E-state index is 0.0240. The van der Waals surface area contributed by atoms with Crippen molar-refractivity contribution in [3.8, 4) is 6.07 Å². The highest BCUT2D eigenvalue weighted by molar-refractivity contribution is 7.99. The van der Waals surface area contributed by atoms with E-state index in [1.54, 1.807) is 30.8 Å². The normalized spacial score (nSPS) is 19.7. The number of hydrogen-bond donors (Lipinski definition) is 1. The van der Waals surface area contributed by atoms with Gasteiger partial charge in [0.25, 0.3) is 0 Å². The van der Waals surface area contributed by atoms with Crippen LogP contribution in [0.15, 0.2) is 23.1 Å². The molecule has 0 saturated carbocycles. The SMILES string of the molecule is Cc1cc(S(=O)(=O)NC2CCSC2)ccc1C#N. The lowest BCUT2D eigenvalue weighted by Crippen LogP contribution is -2.34. The van der Waals surface area contributed by atoms with Gasteiger partial charge in [-0.15, -0.1) is 0 Å². The van der Waals surface area contributed by atoms with E-state index in [-0.39, 0.29) is 10.9 Å². The second kappa shape index (κ2) is 5.31. The molecule has 0 spiro atoms. The maximum Gasteiger partial charge on any atom is 0.240 e. The van der Waals surface area contributed by atoms with E-state index in [1.165, 1.54) is 6.07 Å². The Kier molecular flexibility index (Phi) is 3.95. The van der Waals surface area contributed by atoms with Crippen molar-refractivity contribution in [2.24, 2.45) is 0 Å². The van der Waals surface area contributed by atoms with Crippen LogP contribution < -0.4 is 4.72 Å². The zero-order valence-corrected chi connectivity index (χ0v) is 11.6. The van der Waals surface area contributed by atoms with Gasteiger partial charge in [0.1, 0.15) is 0 Å². The maximum absolute atomic E-state index is 12.1. The number of hydrogen-bond acceptors (Lipinski definition) is 4. The third-order valence-electron chi connectivity index (χ3n) is 2.88. The molecule has 0 aliphatic carbocycles. The predicted molar refractivity (Wildman–Crippen MR) is 71.9 cm³/mol. The molecule has 1 aromatic carbocycles. The number of aryl methyl sites for hydroxylation is 1. The Labute approximate surface area is 111 Å². The zero-order valence-electron chi connectivity index (χ0n) is 10.0. The van der Waals surface area contributed by atoms with Crippen LogP contribution in [-0.4, -0.2) is 26.0 Å². The van der Waals surface area contributed by atoms with Crippen LogP contribution in [-0.2, 0) is 10.0 Å². The molecule has 1 fully saturated rings. The van der Waals surface area contributed by atoms with Crippen LogP contribution in [0.25, 0.3) is 0 Å². The molecule has 0 bridgehead atoms. The van der Waals surface area contributed by atoms with Crippen molar-refractivity contribution in [3.63, 3.8) is 0 Å². The number of rotatable bonds is 3. The predicted octanol–water partition coefficient (Wildman–Crippen LogP) is 1.65.